The Morgan fingerprint density at radius 3 is 2.36 bits per heavy atom. The molecule has 1 aromatic carbocycles. The molecule has 0 saturated heterocycles. The van der Waals surface area contributed by atoms with E-state index in [0.29, 0.717) is 12.0 Å². The summed E-state index contributed by atoms with van der Waals surface area (Å²) in [7, 11) is 0. The quantitative estimate of drug-likeness (QED) is 0.526. The molecule has 0 bridgehead atoms. The first-order chi connectivity index (χ1) is 5.24. The van der Waals surface area contributed by atoms with Gasteiger partial charge in [-0.05, 0) is 19.1 Å². The number of Topliss-reactive ketones (excluding diaryl/α,β-unsaturated/α-hetero) is 1. The SMILES string of the molecule is [CH2]CC(=O)c1ccc(S)cc1. The van der Waals surface area contributed by atoms with E-state index in [2.05, 4.69) is 19.6 Å². The highest BCUT2D eigenvalue weighted by Crippen LogP contribution is 2.08. The maximum absolute atomic E-state index is 11.0. The van der Waals surface area contributed by atoms with Crippen molar-refractivity contribution < 1.29 is 4.79 Å². The van der Waals surface area contributed by atoms with E-state index in [0.717, 1.165) is 4.90 Å². The number of ketones is 1. The van der Waals surface area contributed by atoms with Crippen molar-refractivity contribution in [2.75, 3.05) is 0 Å². The summed E-state index contributed by atoms with van der Waals surface area (Å²) in [4.78, 5) is 11.9. The van der Waals surface area contributed by atoms with Crippen LogP contribution in [0.25, 0.3) is 0 Å². The third kappa shape index (κ3) is 2.09. The van der Waals surface area contributed by atoms with Crippen molar-refractivity contribution in [1.82, 2.24) is 0 Å². The van der Waals surface area contributed by atoms with Crippen molar-refractivity contribution >= 4 is 18.4 Å². The van der Waals surface area contributed by atoms with Crippen LogP contribution in [0.5, 0.6) is 0 Å². The molecule has 0 heterocycles. The molecule has 0 saturated carbocycles. The van der Waals surface area contributed by atoms with E-state index in [1.807, 2.05) is 0 Å². The summed E-state index contributed by atoms with van der Waals surface area (Å²) < 4.78 is 0. The molecule has 2 heteroatoms. The van der Waals surface area contributed by atoms with E-state index >= 15 is 0 Å². The number of carbonyl (C=O) groups is 1. The monoisotopic (exact) mass is 165 g/mol. The minimum atomic E-state index is 0.0679. The lowest BCUT2D eigenvalue weighted by molar-refractivity contribution is 0.0995. The molecule has 11 heavy (non-hydrogen) atoms. The average Bonchev–Trinajstić information content (AvgIpc) is 2.05. The minimum Gasteiger partial charge on any atom is -0.294 e. The van der Waals surface area contributed by atoms with Crippen LogP contribution in [0.3, 0.4) is 0 Å². The summed E-state index contributed by atoms with van der Waals surface area (Å²) in [5.74, 6) is 0.0679. The summed E-state index contributed by atoms with van der Waals surface area (Å²) in [6.07, 6.45) is 0.311. The van der Waals surface area contributed by atoms with Gasteiger partial charge in [0.15, 0.2) is 5.78 Å². The van der Waals surface area contributed by atoms with Crippen molar-refractivity contribution in [3.05, 3.63) is 36.8 Å². The van der Waals surface area contributed by atoms with Crippen molar-refractivity contribution in [2.45, 2.75) is 11.3 Å². The molecular formula is C9H9OS. The van der Waals surface area contributed by atoms with Gasteiger partial charge in [0.1, 0.15) is 0 Å². The predicted molar refractivity (Wildman–Crippen MR) is 48.0 cm³/mol. The fourth-order valence-electron chi connectivity index (χ4n) is 0.792. The van der Waals surface area contributed by atoms with Crippen LogP contribution in [-0.2, 0) is 0 Å². The Morgan fingerprint density at radius 2 is 1.91 bits per heavy atom. The van der Waals surface area contributed by atoms with Gasteiger partial charge in [-0.25, -0.2) is 0 Å². The van der Waals surface area contributed by atoms with Crippen molar-refractivity contribution in [1.29, 1.82) is 0 Å². The fourth-order valence-corrected chi connectivity index (χ4v) is 0.941. The molecule has 0 unspecified atom stereocenters. The number of rotatable bonds is 2. The van der Waals surface area contributed by atoms with Crippen LogP contribution in [0, 0.1) is 6.92 Å². The third-order valence-corrected chi connectivity index (χ3v) is 1.71. The van der Waals surface area contributed by atoms with Gasteiger partial charge >= 0.3 is 0 Å². The first kappa shape index (κ1) is 8.34. The lowest BCUT2D eigenvalue weighted by Gasteiger charge is -1.96. The maximum Gasteiger partial charge on any atom is 0.162 e. The highest BCUT2D eigenvalue weighted by molar-refractivity contribution is 7.80. The molecule has 1 aromatic rings. The number of carbonyl (C=O) groups excluding carboxylic acids is 1. The third-order valence-electron chi connectivity index (χ3n) is 1.42. The average molecular weight is 165 g/mol. The van der Waals surface area contributed by atoms with Crippen LogP contribution in [0.2, 0.25) is 0 Å². The number of hydrogen-bond acceptors (Lipinski definition) is 2. The smallest absolute Gasteiger partial charge is 0.162 e. The van der Waals surface area contributed by atoms with Crippen LogP contribution >= 0.6 is 12.6 Å². The minimum absolute atomic E-state index is 0.0679. The molecule has 0 aliphatic rings. The second-order valence-corrected chi connectivity index (χ2v) is 2.74. The topological polar surface area (TPSA) is 17.1 Å². The Morgan fingerprint density at radius 1 is 1.36 bits per heavy atom. The Kier molecular flexibility index (Phi) is 2.71. The molecule has 1 radical (unpaired) electrons. The molecule has 0 N–H and O–H groups in total. The number of hydrogen-bond donors (Lipinski definition) is 1. The highest BCUT2D eigenvalue weighted by Gasteiger charge is 2.00. The van der Waals surface area contributed by atoms with Crippen molar-refractivity contribution in [3.63, 3.8) is 0 Å². The predicted octanol–water partition coefficient (Wildman–Crippen LogP) is 2.38. The van der Waals surface area contributed by atoms with Crippen LogP contribution in [0.15, 0.2) is 29.2 Å². The Bertz CT molecular complexity index is 251. The molecule has 0 aliphatic carbocycles. The molecule has 0 aliphatic heterocycles. The number of thiol groups is 1. The van der Waals surface area contributed by atoms with Gasteiger partial charge in [-0.15, -0.1) is 12.6 Å². The first-order valence-electron chi connectivity index (χ1n) is 3.35. The van der Waals surface area contributed by atoms with Crippen LogP contribution in [0.1, 0.15) is 16.8 Å². The summed E-state index contributed by atoms with van der Waals surface area (Å²) in [6, 6.07) is 7.11. The van der Waals surface area contributed by atoms with Crippen molar-refractivity contribution in [2.24, 2.45) is 0 Å². The first-order valence-corrected chi connectivity index (χ1v) is 3.80. The van der Waals surface area contributed by atoms with Crippen LogP contribution < -0.4 is 0 Å². The molecular weight excluding hydrogens is 156 g/mol. The van der Waals surface area contributed by atoms with Gasteiger partial charge in [-0.3, -0.25) is 4.79 Å². The largest absolute Gasteiger partial charge is 0.294 e. The van der Waals surface area contributed by atoms with E-state index in [9.17, 15) is 4.79 Å². The standard InChI is InChI=1S/C9H9OS/c1-2-9(10)7-3-5-8(11)6-4-7/h3-6,11H,1-2H2. The molecule has 1 rings (SSSR count). The van der Waals surface area contributed by atoms with Crippen LogP contribution in [0.4, 0.5) is 0 Å². The van der Waals surface area contributed by atoms with E-state index < -0.39 is 0 Å². The number of benzene rings is 1. The van der Waals surface area contributed by atoms with Gasteiger partial charge in [0, 0.05) is 16.9 Å². The van der Waals surface area contributed by atoms with Gasteiger partial charge in [0.25, 0.3) is 0 Å². The molecule has 0 fully saturated rings. The van der Waals surface area contributed by atoms with E-state index in [-0.39, 0.29) is 5.78 Å². The Hall–Kier alpha value is -0.760. The second-order valence-electron chi connectivity index (χ2n) is 2.22. The zero-order valence-electron chi connectivity index (χ0n) is 6.08. The van der Waals surface area contributed by atoms with Gasteiger partial charge in [-0.1, -0.05) is 12.1 Å². The zero-order valence-corrected chi connectivity index (χ0v) is 6.97. The highest BCUT2D eigenvalue weighted by atomic mass is 32.1. The molecule has 0 spiro atoms. The normalized spacial score (nSPS) is 9.64. The summed E-state index contributed by atoms with van der Waals surface area (Å²) in [6.45, 7) is 3.52. The van der Waals surface area contributed by atoms with E-state index in [4.69, 9.17) is 0 Å². The Labute approximate surface area is 71.8 Å². The summed E-state index contributed by atoms with van der Waals surface area (Å²) in [5.41, 5.74) is 0.706. The zero-order chi connectivity index (χ0) is 8.27. The van der Waals surface area contributed by atoms with Gasteiger partial charge < -0.3 is 0 Å². The lowest BCUT2D eigenvalue weighted by Crippen LogP contribution is -1.94. The van der Waals surface area contributed by atoms with Gasteiger partial charge in [0.05, 0.1) is 0 Å². The Balaban J connectivity index is 2.90. The molecule has 0 aromatic heterocycles. The van der Waals surface area contributed by atoms with Gasteiger partial charge in [-0.2, -0.15) is 0 Å². The maximum atomic E-state index is 11.0. The molecule has 0 atom stereocenters. The van der Waals surface area contributed by atoms with E-state index in [1.54, 1.807) is 24.3 Å². The second kappa shape index (κ2) is 3.58. The summed E-state index contributed by atoms with van der Waals surface area (Å²) in [5, 5.41) is 0. The summed E-state index contributed by atoms with van der Waals surface area (Å²) >= 11 is 4.10. The fraction of sp³-hybridized carbons (Fsp3) is 0.111. The van der Waals surface area contributed by atoms with Crippen LogP contribution in [-0.4, -0.2) is 5.78 Å². The lowest BCUT2D eigenvalue weighted by atomic mass is 10.1. The van der Waals surface area contributed by atoms with Gasteiger partial charge in [0.2, 0.25) is 0 Å². The van der Waals surface area contributed by atoms with Crippen molar-refractivity contribution in [3.8, 4) is 0 Å². The molecule has 0 amide bonds. The van der Waals surface area contributed by atoms with E-state index in [1.165, 1.54) is 0 Å². The molecule has 1 nitrogen and oxygen atoms in total. The molecule has 57 valence electrons.